The predicted octanol–water partition coefficient (Wildman–Crippen LogP) is 2.62. The first-order valence-corrected chi connectivity index (χ1v) is 7.57. The number of rotatable bonds is 4. The van der Waals surface area contributed by atoms with Gasteiger partial charge in [0.1, 0.15) is 6.04 Å². The second-order valence-corrected chi connectivity index (χ2v) is 7.39. The van der Waals surface area contributed by atoms with Gasteiger partial charge in [-0.3, -0.25) is 0 Å². The van der Waals surface area contributed by atoms with E-state index in [9.17, 15) is 14.7 Å². The van der Waals surface area contributed by atoms with Gasteiger partial charge in [-0.25, -0.2) is 14.6 Å². The largest absolute Gasteiger partial charge is 0.480 e. The number of aryl methyl sites for hydroxylation is 2. The highest BCUT2D eigenvalue weighted by Crippen LogP contribution is 2.24. The standard InChI is InChI=1S/C14H23N3O3S/c1-7-10(21-9(3)15-7)8(2)16-13(20)17-11(12(18)19)14(4,5)6/h8,11H,1-6H3,(H,18,19)(H2,16,17,20)/t8?,11-/m0/s1. The zero-order chi connectivity index (χ0) is 16.4. The predicted molar refractivity (Wildman–Crippen MR) is 82.5 cm³/mol. The Kier molecular flexibility index (Phi) is 5.33. The first-order chi connectivity index (χ1) is 9.52. The fourth-order valence-electron chi connectivity index (χ4n) is 2.03. The van der Waals surface area contributed by atoms with Crippen molar-refractivity contribution in [3.05, 3.63) is 15.6 Å². The average Bonchev–Trinajstić information content (AvgIpc) is 2.63. The molecule has 0 aliphatic carbocycles. The summed E-state index contributed by atoms with van der Waals surface area (Å²) >= 11 is 1.53. The lowest BCUT2D eigenvalue weighted by Crippen LogP contribution is -2.52. The van der Waals surface area contributed by atoms with Crippen molar-refractivity contribution in [3.8, 4) is 0 Å². The van der Waals surface area contributed by atoms with E-state index in [0.29, 0.717) is 0 Å². The van der Waals surface area contributed by atoms with E-state index in [2.05, 4.69) is 15.6 Å². The van der Waals surface area contributed by atoms with Crippen molar-refractivity contribution in [1.29, 1.82) is 0 Å². The van der Waals surface area contributed by atoms with Gasteiger partial charge >= 0.3 is 12.0 Å². The maximum Gasteiger partial charge on any atom is 0.326 e. The number of aromatic nitrogens is 1. The molecule has 0 aliphatic heterocycles. The lowest BCUT2D eigenvalue weighted by molar-refractivity contribution is -0.141. The topological polar surface area (TPSA) is 91.3 Å². The normalized spacial score (nSPS) is 14.4. The van der Waals surface area contributed by atoms with Gasteiger partial charge in [0, 0.05) is 4.88 Å². The summed E-state index contributed by atoms with van der Waals surface area (Å²) in [6, 6.07) is -1.66. The minimum absolute atomic E-state index is 0.217. The maximum absolute atomic E-state index is 12.0. The van der Waals surface area contributed by atoms with Gasteiger partial charge in [-0.05, 0) is 26.2 Å². The molecule has 0 saturated heterocycles. The van der Waals surface area contributed by atoms with Crippen LogP contribution in [-0.4, -0.2) is 28.1 Å². The molecule has 1 aromatic rings. The number of amides is 2. The number of hydrogen-bond donors (Lipinski definition) is 3. The molecule has 1 rings (SSSR count). The molecular weight excluding hydrogens is 290 g/mol. The third-order valence-corrected chi connectivity index (χ3v) is 4.32. The molecule has 2 atom stereocenters. The highest BCUT2D eigenvalue weighted by atomic mass is 32.1. The molecule has 1 unspecified atom stereocenters. The summed E-state index contributed by atoms with van der Waals surface area (Å²) in [5, 5.41) is 15.4. The lowest BCUT2D eigenvalue weighted by Gasteiger charge is -2.28. The molecule has 21 heavy (non-hydrogen) atoms. The smallest absolute Gasteiger partial charge is 0.326 e. The van der Waals surface area contributed by atoms with E-state index < -0.39 is 23.5 Å². The molecule has 2 amide bonds. The molecule has 118 valence electrons. The second-order valence-electron chi connectivity index (χ2n) is 6.16. The van der Waals surface area contributed by atoms with Gasteiger partial charge in [-0.1, -0.05) is 20.8 Å². The molecule has 0 saturated carbocycles. The van der Waals surface area contributed by atoms with Crippen LogP contribution >= 0.6 is 11.3 Å². The fourth-order valence-corrected chi connectivity index (χ4v) is 2.96. The Balaban J connectivity index is 2.73. The fraction of sp³-hybridized carbons (Fsp3) is 0.643. The van der Waals surface area contributed by atoms with Gasteiger partial charge < -0.3 is 15.7 Å². The Bertz CT molecular complexity index is 534. The molecule has 1 heterocycles. The van der Waals surface area contributed by atoms with Crippen LogP contribution in [0.4, 0.5) is 4.79 Å². The Labute approximate surface area is 129 Å². The maximum atomic E-state index is 12.0. The molecular formula is C14H23N3O3S. The summed E-state index contributed by atoms with van der Waals surface area (Å²) in [7, 11) is 0. The molecule has 0 spiro atoms. The first kappa shape index (κ1) is 17.4. The number of nitrogens with one attached hydrogen (secondary N) is 2. The van der Waals surface area contributed by atoms with Gasteiger partial charge in [0.2, 0.25) is 0 Å². The highest BCUT2D eigenvalue weighted by molar-refractivity contribution is 7.11. The van der Waals surface area contributed by atoms with E-state index in [-0.39, 0.29) is 6.04 Å². The van der Waals surface area contributed by atoms with Crippen LogP contribution in [0.5, 0.6) is 0 Å². The number of aliphatic carboxylic acids is 1. The number of carboxylic acids is 1. The number of urea groups is 1. The van der Waals surface area contributed by atoms with E-state index in [1.165, 1.54) is 11.3 Å². The Morgan fingerprint density at radius 2 is 1.81 bits per heavy atom. The van der Waals surface area contributed by atoms with Gasteiger partial charge in [0.25, 0.3) is 0 Å². The average molecular weight is 313 g/mol. The van der Waals surface area contributed by atoms with E-state index in [1.807, 2.05) is 20.8 Å². The van der Waals surface area contributed by atoms with Crippen molar-refractivity contribution in [1.82, 2.24) is 15.6 Å². The number of nitrogens with zero attached hydrogens (tertiary/aromatic N) is 1. The summed E-state index contributed by atoms with van der Waals surface area (Å²) in [5.41, 5.74) is 0.319. The third-order valence-electron chi connectivity index (χ3n) is 3.07. The van der Waals surface area contributed by atoms with Crippen LogP contribution in [0.3, 0.4) is 0 Å². The number of carbonyl (C=O) groups excluding carboxylic acids is 1. The molecule has 3 N–H and O–H groups in total. The molecule has 1 aromatic heterocycles. The quantitative estimate of drug-likeness (QED) is 0.797. The van der Waals surface area contributed by atoms with E-state index in [4.69, 9.17) is 0 Å². The Morgan fingerprint density at radius 3 is 2.19 bits per heavy atom. The molecule has 0 fully saturated rings. The number of carboxylic acid groups (broad SMARTS) is 1. The molecule has 0 radical (unpaired) electrons. The summed E-state index contributed by atoms with van der Waals surface area (Å²) in [6.07, 6.45) is 0. The SMILES string of the molecule is Cc1nc(C)c(C(C)NC(=O)N[C@@H](C(=O)O)C(C)(C)C)s1. The Morgan fingerprint density at radius 1 is 1.24 bits per heavy atom. The molecule has 7 heteroatoms. The van der Waals surface area contributed by atoms with Crippen molar-refractivity contribution < 1.29 is 14.7 Å². The third kappa shape index (κ3) is 4.70. The lowest BCUT2D eigenvalue weighted by atomic mass is 9.87. The number of thiazole rings is 1. The van der Waals surface area contributed by atoms with Crippen molar-refractivity contribution in [2.24, 2.45) is 5.41 Å². The highest BCUT2D eigenvalue weighted by Gasteiger charge is 2.33. The van der Waals surface area contributed by atoms with E-state index in [1.54, 1.807) is 20.8 Å². The monoisotopic (exact) mass is 313 g/mol. The summed E-state index contributed by atoms with van der Waals surface area (Å²) < 4.78 is 0. The minimum Gasteiger partial charge on any atom is -0.480 e. The summed E-state index contributed by atoms with van der Waals surface area (Å²) in [6.45, 7) is 11.0. The van der Waals surface area contributed by atoms with Gasteiger partial charge in [-0.2, -0.15) is 0 Å². The number of carbonyl (C=O) groups is 2. The minimum atomic E-state index is -1.05. The second kappa shape index (κ2) is 6.43. The van der Waals surface area contributed by atoms with Crippen LogP contribution in [0, 0.1) is 19.3 Å². The van der Waals surface area contributed by atoms with Gasteiger partial charge in [-0.15, -0.1) is 11.3 Å². The summed E-state index contributed by atoms with van der Waals surface area (Å²) in [5.74, 6) is -1.05. The number of hydrogen-bond acceptors (Lipinski definition) is 4. The van der Waals surface area contributed by atoms with Crippen molar-refractivity contribution in [2.75, 3.05) is 0 Å². The zero-order valence-corrected chi connectivity index (χ0v) is 14.1. The van der Waals surface area contributed by atoms with E-state index >= 15 is 0 Å². The van der Waals surface area contributed by atoms with Crippen LogP contribution in [0.1, 0.15) is 49.3 Å². The zero-order valence-electron chi connectivity index (χ0n) is 13.3. The van der Waals surface area contributed by atoms with Crippen LogP contribution in [-0.2, 0) is 4.79 Å². The molecule has 0 aromatic carbocycles. The van der Waals surface area contributed by atoms with Crippen LogP contribution in [0.2, 0.25) is 0 Å². The van der Waals surface area contributed by atoms with Crippen LogP contribution < -0.4 is 10.6 Å². The van der Waals surface area contributed by atoms with Crippen molar-refractivity contribution >= 4 is 23.3 Å². The first-order valence-electron chi connectivity index (χ1n) is 6.76. The van der Waals surface area contributed by atoms with Gasteiger partial charge in [0.15, 0.2) is 0 Å². The van der Waals surface area contributed by atoms with Crippen molar-refractivity contribution in [3.63, 3.8) is 0 Å². The molecule has 6 nitrogen and oxygen atoms in total. The van der Waals surface area contributed by atoms with Gasteiger partial charge in [0.05, 0.1) is 16.7 Å². The summed E-state index contributed by atoms with van der Waals surface area (Å²) in [4.78, 5) is 28.5. The van der Waals surface area contributed by atoms with E-state index in [0.717, 1.165) is 15.6 Å². The Hall–Kier alpha value is -1.63. The molecule has 0 bridgehead atoms. The van der Waals surface area contributed by atoms with Crippen LogP contribution in [0.25, 0.3) is 0 Å². The van der Waals surface area contributed by atoms with Crippen LogP contribution in [0.15, 0.2) is 0 Å². The molecule has 0 aliphatic rings. The van der Waals surface area contributed by atoms with Crippen molar-refractivity contribution in [2.45, 2.75) is 53.6 Å².